The molecule has 0 aromatic heterocycles. The lowest BCUT2D eigenvalue weighted by molar-refractivity contribution is -0.128. The third kappa shape index (κ3) is 4.52. The van der Waals surface area contributed by atoms with Crippen LogP contribution in [0.3, 0.4) is 0 Å². The van der Waals surface area contributed by atoms with Gasteiger partial charge in [-0.05, 0) is 31.0 Å². The van der Waals surface area contributed by atoms with Gasteiger partial charge in [0, 0.05) is 30.7 Å². The molecule has 0 unspecified atom stereocenters. The minimum atomic E-state index is -0.423. The summed E-state index contributed by atoms with van der Waals surface area (Å²) in [5, 5.41) is 0. The molecule has 1 aromatic rings. The lowest BCUT2D eigenvalue weighted by Gasteiger charge is -2.11. The van der Waals surface area contributed by atoms with Gasteiger partial charge in [-0.3, -0.25) is 4.79 Å². The van der Waals surface area contributed by atoms with Gasteiger partial charge < -0.3 is 15.4 Å². The van der Waals surface area contributed by atoms with Crippen molar-refractivity contribution in [1.29, 1.82) is 0 Å². The molecule has 0 aliphatic carbocycles. The maximum atomic E-state index is 12.0. The molecule has 1 amide bonds. The molecule has 110 valence electrons. The molecule has 1 aromatic carbocycles. The summed E-state index contributed by atoms with van der Waals surface area (Å²) in [6, 6.07) is 3.42. The molecule has 0 saturated carbocycles. The second-order valence-corrected chi connectivity index (χ2v) is 5.61. The standard InChI is InChI=1S/C14H19BrN2O3/c1-9-11(7-10(15)8-12(9)16)14(19)20-6-4-5-13(18)17(2)3/h7-8H,4-6,16H2,1-3H3. The molecule has 0 fully saturated rings. The van der Waals surface area contributed by atoms with Crippen molar-refractivity contribution in [1.82, 2.24) is 4.90 Å². The highest BCUT2D eigenvalue weighted by Gasteiger charge is 2.14. The van der Waals surface area contributed by atoms with Crippen LogP contribution in [0.15, 0.2) is 16.6 Å². The van der Waals surface area contributed by atoms with Crippen molar-refractivity contribution in [3.8, 4) is 0 Å². The van der Waals surface area contributed by atoms with Gasteiger partial charge in [-0.1, -0.05) is 15.9 Å². The van der Waals surface area contributed by atoms with Crippen molar-refractivity contribution < 1.29 is 14.3 Å². The van der Waals surface area contributed by atoms with E-state index in [9.17, 15) is 9.59 Å². The van der Waals surface area contributed by atoms with E-state index in [-0.39, 0.29) is 12.5 Å². The second kappa shape index (κ2) is 7.28. The average Bonchev–Trinajstić information content (AvgIpc) is 2.38. The number of ether oxygens (including phenoxy) is 1. The predicted octanol–water partition coefficient (Wildman–Crippen LogP) is 2.36. The molecule has 6 heteroatoms. The summed E-state index contributed by atoms with van der Waals surface area (Å²) in [4.78, 5) is 24.8. The molecule has 0 saturated heterocycles. The highest BCUT2D eigenvalue weighted by atomic mass is 79.9. The van der Waals surface area contributed by atoms with Crippen LogP contribution in [0.5, 0.6) is 0 Å². The largest absolute Gasteiger partial charge is 0.462 e. The van der Waals surface area contributed by atoms with Crippen LogP contribution < -0.4 is 5.73 Å². The van der Waals surface area contributed by atoms with Gasteiger partial charge in [-0.15, -0.1) is 0 Å². The van der Waals surface area contributed by atoms with Crippen LogP contribution in [0.2, 0.25) is 0 Å². The summed E-state index contributed by atoms with van der Waals surface area (Å²) in [5.41, 5.74) is 7.47. The molecule has 0 atom stereocenters. The summed E-state index contributed by atoms with van der Waals surface area (Å²) in [5.74, 6) is -0.406. The number of nitrogens with zero attached hydrogens (tertiary/aromatic N) is 1. The molecule has 0 bridgehead atoms. The molecule has 0 radical (unpaired) electrons. The van der Waals surface area contributed by atoms with Crippen molar-refractivity contribution in [2.45, 2.75) is 19.8 Å². The topological polar surface area (TPSA) is 72.6 Å². The third-order valence-corrected chi connectivity index (χ3v) is 3.36. The summed E-state index contributed by atoms with van der Waals surface area (Å²) in [7, 11) is 3.39. The molecule has 0 spiro atoms. The van der Waals surface area contributed by atoms with E-state index in [1.807, 2.05) is 0 Å². The first-order valence-corrected chi connectivity index (χ1v) is 7.05. The van der Waals surface area contributed by atoms with Crippen molar-refractivity contribution >= 4 is 33.5 Å². The van der Waals surface area contributed by atoms with Gasteiger partial charge in [0.05, 0.1) is 12.2 Å². The van der Waals surface area contributed by atoms with Crippen LogP contribution in [0.4, 0.5) is 5.69 Å². The van der Waals surface area contributed by atoms with E-state index in [0.717, 1.165) is 4.47 Å². The number of carbonyl (C=O) groups excluding carboxylic acids is 2. The molecule has 5 nitrogen and oxygen atoms in total. The van der Waals surface area contributed by atoms with Gasteiger partial charge >= 0.3 is 5.97 Å². The lowest BCUT2D eigenvalue weighted by Crippen LogP contribution is -2.21. The van der Waals surface area contributed by atoms with Crippen molar-refractivity contribution in [2.24, 2.45) is 0 Å². The first kappa shape index (κ1) is 16.5. The van der Waals surface area contributed by atoms with Crippen LogP contribution in [0, 0.1) is 6.92 Å². The molecular weight excluding hydrogens is 324 g/mol. The Morgan fingerprint density at radius 3 is 2.60 bits per heavy atom. The van der Waals surface area contributed by atoms with Crippen molar-refractivity contribution in [3.05, 3.63) is 27.7 Å². The fourth-order valence-electron chi connectivity index (χ4n) is 1.60. The number of hydrogen-bond acceptors (Lipinski definition) is 4. The zero-order valence-electron chi connectivity index (χ0n) is 11.9. The van der Waals surface area contributed by atoms with Crippen LogP contribution in [0.1, 0.15) is 28.8 Å². The highest BCUT2D eigenvalue weighted by Crippen LogP contribution is 2.23. The molecule has 0 heterocycles. The maximum absolute atomic E-state index is 12.0. The number of esters is 1. The minimum Gasteiger partial charge on any atom is -0.462 e. The Kier molecular flexibility index (Phi) is 6.01. The normalized spacial score (nSPS) is 10.2. The number of carbonyl (C=O) groups is 2. The van der Waals surface area contributed by atoms with Crippen molar-refractivity contribution in [2.75, 3.05) is 26.4 Å². The molecule has 0 aliphatic rings. The Hall–Kier alpha value is -1.56. The quantitative estimate of drug-likeness (QED) is 0.506. The van der Waals surface area contributed by atoms with Crippen LogP contribution >= 0.6 is 15.9 Å². The Morgan fingerprint density at radius 1 is 1.35 bits per heavy atom. The SMILES string of the molecule is Cc1c(N)cc(Br)cc1C(=O)OCCCC(=O)N(C)C. The van der Waals surface area contributed by atoms with Crippen LogP contribution in [-0.4, -0.2) is 37.5 Å². The molecule has 20 heavy (non-hydrogen) atoms. The Morgan fingerprint density at radius 2 is 2.00 bits per heavy atom. The summed E-state index contributed by atoms with van der Waals surface area (Å²) >= 11 is 3.29. The highest BCUT2D eigenvalue weighted by molar-refractivity contribution is 9.10. The average molecular weight is 343 g/mol. The van der Waals surface area contributed by atoms with Gasteiger partial charge in [0.15, 0.2) is 0 Å². The van der Waals surface area contributed by atoms with Crippen molar-refractivity contribution in [3.63, 3.8) is 0 Å². The van der Waals surface area contributed by atoms with Gasteiger partial charge in [-0.25, -0.2) is 4.79 Å². The van der Waals surface area contributed by atoms with Gasteiger partial charge in [0.25, 0.3) is 0 Å². The van der Waals surface area contributed by atoms with E-state index >= 15 is 0 Å². The number of nitrogens with two attached hydrogens (primary N) is 1. The number of amides is 1. The van der Waals surface area contributed by atoms with E-state index in [1.165, 1.54) is 4.90 Å². The van der Waals surface area contributed by atoms with E-state index in [0.29, 0.717) is 29.7 Å². The molecular formula is C14H19BrN2O3. The second-order valence-electron chi connectivity index (χ2n) is 4.70. The van der Waals surface area contributed by atoms with E-state index < -0.39 is 5.97 Å². The Labute approximate surface area is 127 Å². The van der Waals surface area contributed by atoms with Gasteiger partial charge in [0.1, 0.15) is 0 Å². The first-order chi connectivity index (χ1) is 9.32. The Bertz CT molecular complexity index is 515. The number of nitrogen functional groups attached to an aromatic ring is 1. The monoisotopic (exact) mass is 342 g/mol. The van der Waals surface area contributed by atoms with E-state index in [1.54, 1.807) is 33.2 Å². The third-order valence-electron chi connectivity index (χ3n) is 2.90. The lowest BCUT2D eigenvalue weighted by atomic mass is 10.1. The summed E-state index contributed by atoms with van der Waals surface area (Å²) < 4.78 is 5.89. The first-order valence-electron chi connectivity index (χ1n) is 6.25. The predicted molar refractivity (Wildman–Crippen MR) is 81.5 cm³/mol. The summed E-state index contributed by atoms with van der Waals surface area (Å²) in [6.07, 6.45) is 0.866. The number of benzene rings is 1. The summed E-state index contributed by atoms with van der Waals surface area (Å²) in [6.45, 7) is 1.98. The maximum Gasteiger partial charge on any atom is 0.338 e. The van der Waals surface area contributed by atoms with E-state index in [2.05, 4.69) is 15.9 Å². The molecule has 0 aliphatic heterocycles. The number of halogens is 1. The Balaban J connectivity index is 2.54. The van der Waals surface area contributed by atoms with Gasteiger partial charge in [-0.2, -0.15) is 0 Å². The number of hydrogen-bond donors (Lipinski definition) is 1. The molecule has 2 N–H and O–H groups in total. The van der Waals surface area contributed by atoms with Crippen LogP contribution in [0.25, 0.3) is 0 Å². The zero-order valence-corrected chi connectivity index (χ0v) is 13.5. The number of rotatable bonds is 5. The number of anilines is 1. The fraction of sp³-hybridized carbons (Fsp3) is 0.429. The minimum absolute atomic E-state index is 0.0175. The van der Waals surface area contributed by atoms with Gasteiger partial charge in [0.2, 0.25) is 5.91 Å². The van der Waals surface area contributed by atoms with Crippen LogP contribution in [-0.2, 0) is 9.53 Å². The molecule has 1 rings (SSSR count). The zero-order chi connectivity index (χ0) is 15.3. The fourth-order valence-corrected chi connectivity index (χ4v) is 2.08. The van der Waals surface area contributed by atoms with E-state index in [4.69, 9.17) is 10.5 Å². The smallest absolute Gasteiger partial charge is 0.338 e.